The predicted molar refractivity (Wildman–Crippen MR) is 77.6 cm³/mol. The minimum Gasteiger partial charge on any atom is -0.507 e. The summed E-state index contributed by atoms with van der Waals surface area (Å²) >= 11 is 0. The number of carbonyl (C=O) groups excluding carboxylic acids is 1. The molecule has 0 aliphatic heterocycles. The van der Waals surface area contributed by atoms with Crippen molar-refractivity contribution in [2.45, 2.75) is 13.0 Å². The van der Waals surface area contributed by atoms with Gasteiger partial charge in [-0.15, -0.1) is 0 Å². The fourth-order valence-electron chi connectivity index (χ4n) is 1.89. The van der Waals surface area contributed by atoms with Crippen LogP contribution in [0.1, 0.15) is 28.9 Å². The molecule has 0 radical (unpaired) electrons. The largest absolute Gasteiger partial charge is 0.507 e. The number of aromatic hydroxyl groups is 1. The molecular weight excluding hydrogens is 272 g/mol. The van der Waals surface area contributed by atoms with Crippen LogP contribution < -0.4 is 15.6 Å². The molecule has 0 bridgehead atoms. The average molecular weight is 288 g/mol. The van der Waals surface area contributed by atoms with Crippen molar-refractivity contribution in [1.29, 1.82) is 0 Å². The molecule has 0 spiro atoms. The number of aromatic nitrogens is 1. The summed E-state index contributed by atoms with van der Waals surface area (Å²) in [4.78, 5) is 25.4. The van der Waals surface area contributed by atoms with E-state index in [1.807, 2.05) is 19.1 Å². The van der Waals surface area contributed by atoms with E-state index in [0.29, 0.717) is 0 Å². The van der Waals surface area contributed by atoms with Gasteiger partial charge < -0.3 is 20.1 Å². The van der Waals surface area contributed by atoms with E-state index in [9.17, 15) is 14.7 Å². The summed E-state index contributed by atoms with van der Waals surface area (Å²) in [5.41, 5.74) is 0.454. The van der Waals surface area contributed by atoms with Gasteiger partial charge >= 0.3 is 0 Å². The van der Waals surface area contributed by atoms with Crippen LogP contribution in [-0.4, -0.2) is 23.1 Å². The van der Waals surface area contributed by atoms with Crippen LogP contribution in [-0.2, 0) is 0 Å². The van der Waals surface area contributed by atoms with Crippen molar-refractivity contribution >= 4 is 5.91 Å². The maximum Gasteiger partial charge on any atom is 0.257 e. The first-order valence-electron chi connectivity index (χ1n) is 6.37. The maximum atomic E-state index is 12.1. The molecule has 0 saturated heterocycles. The Kier molecular flexibility index (Phi) is 4.27. The van der Waals surface area contributed by atoms with Crippen molar-refractivity contribution in [3.8, 4) is 11.5 Å². The van der Waals surface area contributed by atoms with E-state index in [-0.39, 0.29) is 17.4 Å². The van der Waals surface area contributed by atoms with Gasteiger partial charge in [-0.2, -0.15) is 0 Å². The van der Waals surface area contributed by atoms with Crippen LogP contribution in [0.2, 0.25) is 0 Å². The number of benzene rings is 1. The van der Waals surface area contributed by atoms with Crippen LogP contribution in [0.3, 0.4) is 0 Å². The number of methoxy groups -OCH3 is 1. The Labute approximate surface area is 121 Å². The summed E-state index contributed by atoms with van der Waals surface area (Å²) in [7, 11) is 1.58. The molecule has 1 atom stereocenters. The third-order valence-electron chi connectivity index (χ3n) is 3.11. The standard InChI is InChI=1S/C15H16N2O4/c1-9(10-3-5-11(21-2)6-4-10)17-15(20)12-8-16-14(19)7-13(12)18/h3-9H,1-2H3,(H,17,20)(H2,16,18,19). The zero-order valence-corrected chi connectivity index (χ0v) is 11.7. The smallest absolute Gasteiger partial charge is 0.257 e. The Morgan fingerprint density at radius 3 is 2.57 bits per heavy atom. The number of nitrogens with one attached hydrogen (secondary N) is 2. The van der Waals surface area contributed by atoms with Crippen LogP contribution in [0, 0.1) is 0 Å². The first-order valence-corrected chi connectivity index (χ1v) is 6.37. The lowest BCUT2D eigenvalue weighted by molar-refractivity contribution is 0.0937. The molecule has 2 aromatic rings. The molecule has 0 saturated carbocycles. The van der Waals surface area contributed by atoms with E-state index in [1.165, 1.54) is 6.20 Å². The Morgan fingerprint density at radius 1 is 1.33 bits per heavy atom. The van der Waals surface area contributed by atoms with Gasteiger partial charge in [0, 0.05) is 12.3 Å². The van der Waals surface area contributed by atoms with E-state index in [1.54, 1.807) is 19.2 Å². The molecule has 0 fully saturated rings. The number of hydrogen-bond acceptors (Lipinski definition) is 4. The molecule has 1 aromatic heterocycles. The van der Waals surface area contributed by atoms with Gasteiger partial charge in [0.25, 0.3) is 11.5 Å². The molecule has 6 heteroatoms. The van der Waals surface area contributed by atoms with Gasteiger partial charge in [-0.1, -0.05) is 12.1 Å². The second kappa shape index (κ2) is 6.13. The third-order valence-corrected chi connectivity index (χ3v) is 3.11. The topological polar surface area (TPSA) is 91.4 Å². The number of aromatic amines is 1. The highest BCUT2D eigenvalue weighted by Gasteiger charge is 2.15. The van der Waals surface area contributed by atoms with Crippen LogP contribution in [0.25, 0.3) is 0 Å². The minimum atomic E-state index is -0.466. The molecule has 2 rings (SSSR count). The summed E-state index contributed by atoms with van der Waals surface area (Å²) < 4.78 is 5.07. The average Bonchev–Trinajstić information content (AvgIpc) is 2.47. The van der Waals surface area contributed by atoms with Crippen molar-refractivity contribution < 1.29 is 14.6 Å². The highest BCUT2D eigenvalue weighted by molar-refractivity contribution is 5.96. The summed E-state index contributed by atoms with van der Waals surface area (Å²) in [6, 6.07) is 8.00. The molecule has 1 heterocycles. The van der Waals surface area contributed by atoms with Gasteiger partial charge in [0.15, 0.2) is 0 Å². The number of H-pyrrole nitrogens is 1. The van der Waals surface area contributed by atoms with Crippen LogP contribution >= 0.6 is 0 Å². The van der Waals surface area contributed by atoms with Crippen LogP contribution in [0.15, 0.2) is 41.3 Å². The summed E-state index contributed by atoms with van der Waals surface area (Å²) in [6.07, 6.45) is 1.19. The molecule has 3 N–H and O–H groups in total. The number of amides is 1. The number of carbonyl (C=O) groups is 1. The normalized spacial score (nSPS) is 11.7. The molecule has 0 aliphatic carbocycles. The van der Waals surface area contributed by atoms with Crippen molar-refractivity contribution in [2.24, 2.45) is 0 Å². The molecule has 110 valence electrons. The quantitative estimate of drug-likeness (QED) is 0.796. The Bertz CT molecular complexity index is 692. The first kappa shape index (κ1) is 14.6. The van der Waals surface area contributed by atoms with E-state index in [0.717, 1.165) is 17.4 Å². The third kappa shape index (κ3) is 3.42. The van der Waals surface area contributed by atoms with Gasteiger partial charge in [0.2, 0.25) is 0 Å². The van der Waals surface area contributed by atoms with E-state index in [4.69, 9.17) is 4.74 Å². The number of ether oxygens (including phenoxy) is 1. The zero-order valence-electron chi connectivity index (χ0n) is 11.7. The van der Waals surface area contributed by atoms with E-state index in [2.05, 4.69) is 10.3 Å². The van der Waals surface area contributed by atoms with Gasteiger partial charge in [-0.05, 0) is 24.6 Å². The molecule has 1 unspecified atom stereocenters. The minimum absolute atomic E-state index is 0.0231. The lowest BCUT2D eigenvalue weighted by Crippen LogP contribution is -2.27. The van der Waals surface area contributed by atoms with Crippen molar-refractivity contribution in [3.05, 3.63) is 58.0 Å². The molecule has 6 nitrogen and oxygen atoms in total. The van der Waals surface area contributed by atoms with E-state index < -0.39 is 11.5 Å². The van der Waals surface area contributed by atoms with Crippen LogP contribution in [0.4, 0.5) is 0 Å². The molecule has 21 heavy (non-hydrogen) atoms. The Balaban J connectivity index is 2.12. The summed E-state index contributed by atoms with van der Waals surface area (Å²) in [6.45, 7) is 1.82. The van der Waals surface area contributed by atoms with Gasteiger partial charge in [-0.3, -0.25) is 9.59 Å². The number of rotatable bonds is 4. The lowest BCUT2D eigenvalue weighted by atomic mass is 10.1. The summed E-state index contributed by atoms with van der Waals surface area (Å²) in [5.74, 6) is -0.0826. The predicted octanol–water partition coefficient (Wildman–Crippen LogP) is 1.58. The monoisotopic (exact) mass is 288 g/mol. The Morgan fingerprint density at radius 2 is 2.00 bits per heavy atom. The lowest BCUT2D eigenvalue weighted by Gasteiger charge is -2.15. The van der Waals surface area contributed by atoms with Gasteiger partial charge in [0.05, 0.1) is 18.7 Å². The van der Waals surface area contributed by atoms with Crippen molar-refractivity contribution in [1.82, 2.24) is 10.3 Å². The first-order chi connectivity index (χ1) is 10.0. The SMILES string of the molecule is COc1ccc(C(C)NC(=O)c2c[nH]c(=O)cc2O)cc1. The fraction of sp³-hybridized carbons (Fsp3) is 0.200. The number of pyridine rings is 1. The van der Waals surface area contributed by atoms with Crippen molar-refractivity contribution in [3.63, 3.8) is 0 Å². The van der Waals surface area contributed by atoms with Crippen LogP contribution in [0.5, 0.6) is 11.5 Å². The van der Waals surface area contributed by atoms with Gasteiger partial charge in [-0.25, -0.2) is 0 Å². The maximum absolute atomic E-state index is 12.1. The Hall–Kier alpha value is -2.76. The molecular formula is C15H16N2O4. The highest BCUT2D eigenvalue weighted by atomic mass is 16.5. The highest BCUT2D eigenvalue weighted by Crippen LogP contribution is 2.19. The second-order valence-corrected chi connectivity index (χ2v) is 4.56. The summed E-state index contributed by atoms with van der Waals surface area (Å²) in [5, 5.41) is 12.4. The molecule has 1 amide bonds. The van der Waals surface area contributed by atoms with Crippen molar-refractivity contribution in [2.75, 3.05) is 7.11 Å². The fourth-order valence-corrected chi connectivity index (χ4v) is 1.89. The molecule has 0 aliphatic rings. The zero-order chi connectivity index (χ0) is 15.4. The van der Waals surface area contributed by atoms with Gasteiger partial charge in [0.1, 0.15) is 11.5 Å². The van der Waals surface area contributed by atoms with E-state index >= 15 is 0 Å². The second-order valence-electron chi connectivity index (χ2n) is 4.56. The number of hydrogen-bond donors (Lipinski definition) is 3. The molecule has 1 aromatic carbocycles.